The third kappa shape index (κ3) is 7.36. The third-order valence-electron chi connectivity index (χ3n) is 8.11. The summed E-state index contributed by atoms with van der Waals surface area (Å²) in [7, 11) is 0. The van der Waals surface area contributed by atoms with Crippen LogP contribution in [0.25, 0.3) is 10.9 Å². The minimum Gasteiger partial charge on any atom is -0.483 e. The number of benzene rings is 1. The summed E-state index contributed by atoms with van der Waals surface area (Å²) in [6, 6.07) is 7.48. The van der Waals surface area contributed by atoms with Crippen LogP contribution >= 0.6 is 0 Å². The fourth-order valence-corrected chi connectivity index (χ4v) is 5.52. The minimum absolute atomic E-state index is 0.0960. The van der Waals surface area contributed by atoms with E-state index in [4.69, 9.17) is 9.47 Å². The number of aryl methyl sites for hydroxylation is 1. The molecule has 12 heteroatoms. The van der Waals surface area contributed by atoms with Gasteiger partial charge in [0, 0.05) is 63.3 Å². The number of pyridine rings is 1. The van der Waals surface area contributed by atoms with Gasteiger partial charge >= 0.3 is 6.09 Å². The summed E-state index contributed by atoms with van der Waals surface area (Å²) >= 11 is 0. The summed E-state index contributed by atoms with van der Waals surface area (Å²) in [6.07, 6.45) is 6.57. The maximum atomic E-state index is 13.1. The van der Waals surface area contributed by atoms with Crippen LogP contribution < -0.4 is 10.1 Å². The summed E-state index contributed by atoms with van der Waals surface area (Å²) in [6.45, 7) is 7.58. The van der Waals surface area contributed by atoms with Gasteiger partial charge < -0.3 is 34.4 Å². The number of aromatic nitrogens is 1. The average molecular weight is 593 g/mol. The van der Waals surface area contributed by atoms with Gasteiger partial charge in [-0.05, 0) is 43.7 Å². The maximum absolute atomic E-state index is 13.1. The van der Waals surface area contributed by atoms with Crippen LogP contribution in [0.15, 0.2) is 36.5 Å². The lowest BCUT2D eigenvalue weighted by Gasteiger charge is -2.38. The summed E-state index contributed by atoms with van der Waals surface area (Å²) in [5.74, 6) is -0.480. The molecule has 0 aliphatic carbocycles. The number of hydrogen-bond donors (Lipinski definition) is 1. The highest BCUT2D eigenvalue weighted by molar-refractivity contribution is 5.98. The maximum Gasteiger partial charge on any atom is 0.409 e. The summed E-state index contributed by atoms with van der Waals surface area (Å²) < 4.78 is 11.3. The number of carbonyl (C=O) groups is 4. The van der Waals surface area contributed by atoms with Crippen LogP contribution in [0.5, 0.6) is 5.75 Å². The van der Waals surface area contributed by atoms with Gasteiger partial charge in [-0.3, -0.25) is 14.4 Å². The van der Waals surface area contributed by atoms with Crippen LogP contribution in [0.4, 0.5) is 4.79 Å². The van der Waals surface area contributed by atoms with E-state index in [2.05, 4.69) is 27.5 Å². The molecule has 0 bridgehead atoms. The smallest absolute Gasteiger partial charge is 0.409 e. The van der Waals surface area contributed by atoms with Crippen molar-refractivity contribution < 1.29 is 28.7 Å². The molecule has 12 nitrogen and oxygen atoms in total. The number of fused-ring (bicyclic) bond motifs is 2. The van der Waals surface area contributed by atoms with Crippen LogP contribution in [-0.4, -0.2) is 120 Å². The highest BCUT2D eigenvalue weighted by atomic mass is 16.6. The first-order valence-electron chi connectivity index (χ1n) is 15.0. The molecule has 1 N–H and O–H groups in total. The Bertz CT molecular complexity index is 1390. The van der Waals surface area contributed by atoms with Crippen LogP contribution in [0.1, 0.15) is 42.2 Å². The quantitative estimate of drug-likeness (QED) is 0.440. The highest BCUT2D eigenvalue weighted by Crippen LogP contribution is 2.27. The Morgan fingerprint density at radius 2 is 1.74 bits per heavy atom. The van der Waals surface area contributed by atoms with Gasteiger partial charge in [0.05, 0.1) is 18.7 Å². The molecule has 0 radical (unpaired) electrons. The number of amides is 4. The molecule has 230 valence electrons. The standard InChI is InChI=1S/C31H40N6O6/c1-3-4-16-42-31(41)36-13-11-35(12-14-36)28(38)19-32-30(40)26-18-27(24-8-7-22(2)17-25(24)33-26)43-21-29(39)37-15-10-34-9-5-6-23(34)20-37/h5,7-9,17-18,23H,3-4,6,10-16,19-21H2,1-2H3,(H,32,40)/t23-/m1/s1. The SMILES string of the molecule is CCCCOC(=O)N1CCN(C(=O)CNC(=O)c2cc(OCC(=O)N3CCN4C=CC[C@@H]4C3)c3ccc(C)cc3n2)CC1. The predicted octanol–water partition coefficient (Wildman–Crippen LogP) is 2.16. The second-order valence-corrected chi connectivity index (χ2v) is 11.2. The van der Waals surface area contributed by atoms with Crippen molar-refractivity contribution >= 4 is 34.7 Å². The van der Waals surface area contributed by atoms with Crippen molar-refractivity contribution in [3.8, 4) is 5.75 Å². The summed E-state index contributed by atoms with van der Waals surface area (Å²) in [5, 5.41) is 3.37. The van der Waals surface area contributed by atoms with Gasteiger partial charge in [-0.25, -0.2) is 9.78 Å². The molecule has 43 heavy (non-hydrogen) atoms. The van der Waals surface area contributed by atoms with E-state index in [0.29, 0.717) is 68.6 Å². The van der Waals surface area contributed by atoms with Crippen LogP contribution in [-0.2, 0) is 14.3 Å². The fraction of sp³-hybridized carbons (Fsp3) is 0.516. The molecular formula is C31H40N6O6. The Hall–Kier alpha value is -4.35. The van der Waals surface area contributed by atoms with Crippen molar-refractivity contribution in [3.05, 3.63) is 47.8 Å². The van der Waals surface area contributed by atoms with E-state index in [1.54, 1.807) is 9.80 Å². The summed E-state index contributed by atoms with van der Waals surface area (Å²) in [5.41, 5.74) is 1.62. The van der Waals surface area contributed by atoms with E-state index < -0.39 is 5.91 Å². The lowest BCUT2D eigenvalue weighted by molar-refractivity contribution is -0.135. The number of nitrogens with zero attached hydrogens (tertiary/aromatic N) is 5. The van der Waals surface area contributed by atoms with Crippen LogP contribution in [0.3, 0.4) is 0 Å². The number of nitrogens with one attached hydrogen (secondary N) is 1. The zero-order valence-electron chi connectivity index (χ0n) is 24.9. The Labute approximate surface area is 251 Å². The molecule has 1 aromatic heterocycles. The van der Waals surface area contributed by atoms with Crippen molar-refractivity contribution in [2.75, 3.05) is 65.6 Å². The number of unbranched alkanes of at least 4 members (excludes halogenated alkanes) is 1. The molecule has 0 saturated carbocycles. The van der Waals surface area contributed by atoms with E-state index >= 15 is 0 Å². The number of hydrogen-bond acceptors (Lipinski definition) is 8. The minimum atomic E-state index is -0.518. The average Bonchev–Trinajstić information content (AvgIpc) is 3.50. The monoisotopic (exact) mass is 592 g/mol. The van der Waals surface area contributed by atoms with Gasteiger partial charge in [-0.2, -0.15) is 0 Å². The molecule has 3 aliphatic rings. The lowest BCUT2D eigenvalue weighted by Crippen LogP contribution is -2.52. The highest BCUT2D eigenvalue weighted by Gasteiger charge is 2.30. The molecule has 4 heterocycles. The van der Waals surface area contributed by atoms with E-state index in [0.717, 1.165) is 31.4 Å². The normalized spacial score (nSPS) is 18.0. The topological polar surface area (TPSA) is 125 Å². The number of ether oxygens (including phenoxy) is 2. The number of piperazine rings is 2. The molecule has 1 aromatic carbocycles. The van der Waals surface area contributed by atoms with Gasteiger partial charge in [0.25, 0.3) is 11.8 Å². The van der Waals surface area contributed by atoms with Crippen molar-refractivity contribution in [1.82, 2.24) is 29.9 Å². The first-order valence-corrected chi connectivity index (χ1v) is 15.0. The number of rotatable bonds is 9. The molecule has 2 saturated heterocycles. The van der Waals surface area contributed by atoms with Crippen LogP contribution in [0, 0.1) is 6.92 Å². The molecule has 0 spiro atoms. The molecule has 1 atom stereocenters. The summed E-state index contributed by atoms with van der Waals surface area (Å²) in [4.78, 5) is 62.9. The van der Waals surface area contributed by atoms with E-state index in [1.807, 2.05) is 36.9 Å². The van der Waals surface area contributed by atoms with Crippen molar-refractivity contribution in [2.24, 2.45) is 0 Å². The second kappa shape index (κ2) is 13.7. The molecule has 5 rings (SSSR count). The van der Waals surface area contributed by atoms with Crippen molar-refractivity contribution in [3.63, 3.8) is 0 Å². The van der Waals surface area contributed by atoms with Gasteiger partial charge in [0.2, 0.25) is 5.91 Å². The van der Waals surface area contributed by atoms with E-state index in [-0.39, 0.29) is 36.8 Å². The zero-order chi connectivity index (χ0) is 30.3. The van der Waals surface area contributed by atoms with Gasteiger partial charge in [-0.1, -0.05) is 25.5 Å². The largest absolute Gasteiger partial charge is 0.483 e. The molecule has 3 aliphatic heterocycles. The molecular weight excluding hydrogens is 552 g/mol. The molecule has 2 aromatic rings. The zero-order valence-corrected chi connectivity index (χ0v) is 24.9. The molecule has 2 fully saturated rings. The molecule has 0 unspecified atom stereocenters. The number of carbonyl (C=O) groups excluding carboxylic acids is 4. The second-order valence-electron chi connectivity index (χ2n) is 11.2. The Morgan fingerprint density at radius 1 is 0.977 bits per heavy atom. The van der Waals surface area contributed by atoms with Crippen molar-refractivity contribution in [1.29, 1.82) is 0 Å². The van der Waals surface area contributed by atoms with Gasteiger partial charge in [0.15, 0.2) is 6.61 Å². The van der Waals surface area contributed by atoms with E-state index in [9.17, 15) is 19.2 Å². The Kier molecular flexibility index (Phi) is 9.63. The van der Waals surface area contributed by atoms with Gasteiger partial charge in [-0.15, -0.1) is 0 Å². The van der Waals surface area contributed by atoms with Crippen LogP contribution in [0.2, 0.25) is 0 Å². The van der Waals surface area contributed by atoms with Gasteiger partial charge in [0.1, 0.15) is 11.4 Å². The Morgan fingerprint density at radius 3 is 2.53 bits per heavy atom. The first-order chi connectivity index (χ1) is 20.8. The fourth-order valence-electron chi connectivity index (χ4n) is 5.52. The van der Waals surface area contributed by atoms with E-state index in [1.165, 1.54) is 6.07 Å². The molecule has 4 amide bonds. The Balaban J connectivity index is 1.17. The van der Waals surface area contributed by atoms with Crippen molar-refractivity contribution in [2.45, 2.75) is 39.2 Å². The third-order valence-corrected chi connectivity index (χ3v) is 8.11. The predicted molar refractivity (Wildman–Crippen MR) is 160 cm³/mol. The first kappa shape index (κ1) is 30.1. The lowest BCUT2D eigenvalue weighted by atomic mass is 10.1.